The maximum Gasteiger partial charge on any atom is 0.312 e. The molecule has 0 saturated heterocycles. The first-order valence-corrected chi connectivity index (χ1v) is 13.3. The van der Waals surface area contributed by atoms with Gasteiger partial charge in [0.25, 0.3) is 0 Å². The SMILES string of the molecule is Cc1ccc(NC(=O)[C@H](CCCNC(N)=O)NC(=O)[C@@H](NC(=O)COC2C#CCCCCC2)C(C)C)cc1. The van der Waals surface area contributed by atoms with E-state index in [2.05, 4.69) is 33.1 Å². The number of hydrogen-bond acceptors (Lipinski definition) is 5. The number of benzene rings is 1. The summed E-state index contributed by atoms with van der Waals surface area (Å²) in [4.78, 5) is 49.9. The summed E-state index contributed by atoms with van der Waals surface area (Å²) in [5, 5.41) is 10.8. The third kappa shape index (κ3) is 11.6. The molecular formula is C28H41N5O5. The Morgan fingerprint density at radius 3 is 2.47 bits per heavy atom. The van der Waals surface area contributed by atoms with Gasteiger partial charge in [0, 0.05) is 18.7 Å². The molecule has 0 heterocycles. The minimum Gasteiger partial charge on any atom is -0.356 e. The quantitative estimate of drug-likeness (QED) is 0.197. The van der Waals surface area contributed by atoms with Gasteiger partial charge in [0.2, 0.25) is 17.7 Å². The van der Waals surface area contributed by atoms with E-state index in [1.165, 1.54) is 0 Å². The van der Waals surface area contributed by atoms with Crippen LogP contribution in [0.5, 0.6) is 0 Å². The van der Waals surface area contributed by atoms with Crippen molar-refractivity contribution in [3.8, 4) is 11.8 Å². The monoisotopic (exact) mass is 527 g/mol. The molecule has 1 aromatic rings. The molecule has 0 aliphatic heterocycles. The van der Waals surface area contributed by atoms with Crippen LogP contribution in [0.3, 0.4) is 0 Å². The molecule has 10 nitrogen and oxygen atoms in total. The highest BCUT2D eigenvalue weighted by Crippen LogP contribution is 2.12. The molecule has 1 aliphatic rings. The lowest BCUT2D eigenvalue weighted by Crippen LogP contribution is -2.55. The first kappa shape index (κ1) is 30.6. The normalized spacial score (nSPS) is 16.6. The van der Waals surface area contributed by atoms with E-state index in [4.69, 9.17) is 10.5 Å². The average molecular weight is 528 g/mol. The number of aryl methyl sites for hydroxylation is 1. The Morgan fingerprint density at radius 2 is 1.79 bits per heavy atom. The van der Waals surface area contributed by atoms with Crippen molar-refractivity contribution in [1.29, 1.82) is 0 Å². The van der Waals surface area contributed by atoms with Crippen LogP contribution < -0.4 is 27.0 Å². The number of carbonyl (C=O) groups is 4. The summed E-state index contributed by atoms with van der Waals surface area (Å²) in [5.74, 6) is 4.59. The number of anilines is 1. The van der Waals surface area contributed by atoms with Gasteiger partial charge in [0.05, 0.1) is 0 Å². The summed E-state index contributed by atoms with van der Waals surface area (Å²) in [6, 6.07) is 4.87. The Morgan fingerprint density at radius 1 is 1.05 bits per heavy atom. The third-order valence-corrected chi connectivity index (χ3v) is 6.13. The van der Waals surface area contributed by atoms with Gasteiger partial charge in [-0.15, -0.1) is 5.92 Å². The van der Waals surface area contributed by atoms with Crippen LogP contribution in [0, 0.1) is 24.7 Å². The maximum atomic E-state index is 13.2. The van der Waals surface area contributed by atoms with E-state index in [9.17, 15) is 19.2 Å². The Hall–Kier alpha value is -3.58. The molecule has 6 N–H and O–H groups in total. The van der Waals surface area contributed by atoms with Gasteiger partial charge in [-0.3, -0.25) is 14.4 Å². The summed E-state index contributed by atoms with van der Waals surface area (Å²) in [6.07, 6.45) is 5.14. The van der Waals surface area contributed by atoms with Gasteiger partial charge in [-0.2, -0.15) is 0 Å². The minimum atomic E-state index is -0.891. The second kappa shape index (κ2) is 16.3. The zero-order chi connectivity index (χ0) is 27.9. The van der Waals surface area contributed by atoms with Gasteiger partial charge in [-0.1, -0.05) is 43.9 Å². The highest BCUT2D eigenvalue weighted by Gasteiger charge is 2.29. The average Bonchev–Trinajstić information content (AvgIpc) is 2.84. The number of nitrogens with two attached hydrogens (primary N) is 1. The van der Waals surface area contributed by atoms with Crippen LogP contribution in [0.2, 0.25) is 0 Å². The van der Waals surface area contributed by atoms with Crippen molar-refractivity contribution >= 4 is 29.4 Å². The van der Waals surface area contributed by atoms with E-state index < -0.39 is 35.8 Å². The van der Waals surface area contributed by atoms with Gasteiger partial charge in [0.1, 0.15) is 24.8 Å². The number of urea groups is 1. The molecule has 5 amide bonds. The number of ether oxygens (including phenoxy) is 1. The van der Waals surface area contributed by atoms with E-state index in [-0.39, 0.29) is 31.6 Å². The van der Waals surface area contributed by atoms with Crippen molar-refractivity contribution in [2.24, 2.45) is 11.7 Å². The van der Waals surface area contributed by atoms with E-state index in [0.717, 1.165) is 37.7 Å². The van der Waals surface area contributed by atoms with E-state index >= 15 is 0 Å². The predicted molar refractivity (Wildman–Crippen MR) is 146 cm³/mol. The van der Waals surface area contributed by atoms with Crippen LogP contribution >= 0.6 is 0 Å². The third-order valence-electron chi connectivity index (χ3n) is 6.13. The molecule has 0 bridgehead atoms. The molecule has 2 rings (SSSR count). The van der Waals surface area contributed by atoms with E-state index in [0.29, 0.717) is 12.1 Å². The highest BCUT2D eigenvalue weighted by atomic mass is 16.5. The van der Waals surface area contributed by atoms with Crippen molar-refractivity contribution < 1.29 is 23.9 Å². The van der Waals surface area contributed by atoms with Crippen molar-refractivity contribution in [3.05, 3.63) is 29.8 Å². The molecule has 0 aromatic heterocycles. The van der Waals surface area contributed by atoms with Gasteiger partial charge in [0.15, 0.2) is 0 Å². The molecule has 0 spiro atoms. The Bertz CT molecular complexity index is 999. The number of primary amides is 1. The summed E-state index contributed by atoms with van der Waals surface area (Å²) in [7, 11) is 0. The Kier molecular flexibility index (Phi) is 13.1. The van der Waals surface area contributed by atoms with Crippen LogP contribution in [0.15, 0.2) is 24.3 Å². The van der Waals surface area contributed by atoms with E-state index in [1.807, 2.05) is 32.9 Å². The molecule has 1 unspecified atom stereocenters. The number of amides is 5. The largest absolute Gasteiger partial charge is 0.356 e. The zero-order valence-electron chi connectivity index (χ0n) is 22.6. The predicted octanol–water partition coefficient (Wildman–Crippen LogP) is 2.36. The fourth-order valence-corrected chi connectivity index (χ4v) is 3.94. The van der Waals surface area contributed by atoms with Gasteiger partial charge < -0.3 is 31.7 Å². The standard InChI is InChI=1S/C28H41N5O5/c1-19(2)25(33-24(34)18-38-22-10-7-5-4-6-8-11-22)27(36)32-23(12-9-17-30-28(29)37)26(35)31-21-15-13-20(3)14-16-21/h13-16,19,22-23,25H,4-7,9-10,12,17-18H2,1-3H3,(H,31,35)(H,32,36)(H,33,34)(H3,29,30,37)/t22?,23-,25-/m0/s1. The van der Waals surface area contributed by atoms with Crippen molar-refractivity contribution in [2.75, 3.05) is 18.5 Å². The molecule has 3 atom stereocenters. The summed E-state index contributed by atoms with van der Waals surface area (Å²) >= 11 is 0. The second-order valence-corrected chi connectivity index (χ2v) is 9.86. The molecule has 0 fully saturated rings. The van der Waals surface area contributed by atoms with Crippen LogP contribution in [-0.2, 0) is 19.1 Å². The number of rotatable bonds is 13. The van der Waals surface area contributed by atoms with Crippen molar-refractivity contribution in [1.82, 2.24) is 16.0 Å². The van der Waals surface area contributed by atoms with Crippen LogP contribution in [-0.4, -0.2) is 55.1 Å². The number of hydrogen-bond donors (Lipinski definition) is 5. The number of carbonyl (C=O) groups excluding carboxylic acids is 4. The molecule has 0 radical (unpaired) electrons. The zero-order valence-corrected chi connectivity index (χ0v) is 22.6. The molecule has 1 aliphatic carbocycles. The molecule has 1 aromatic carbocycles. The highest BCUT2D eigenvalue weighted by molar-refractivity contribution is 5.98. The van der Waals surface area contributed by atoms with Crippen molar-refractivity contribution in [3.63, 3.8) is 0 Å². The fraction of sp³-hybridized carbons (Fsp3) is 0.571. The van der Waals surface area contributed by atoms with Crippen LogP contribution in [0.25, 0.3) is 0 Å². The smallest absolute Gasteiger partial charge is 0.312 e. The van der Waals surface area contributed by atoms with Gasteiger partial charge in [-0.25, -0.2) is 4.79 Å². The topological polar surface area (TPSA) is 152 Å². The first-order valence-electron chi connectivity index (χ1n) is 13.3. The maximum absolute atomic E-state index is 13.2. The van der Waals surface area contributed by atoms with E-state index in [1.54, 1.807) is 12.1 Å². The Balaban J connectivity index is 2.00. The Labute approximate surface area is 225 Å². The molecule has 38 heavy (non-hydrogen) atoms. The lowest BCUT2D eigenvalue weighted by molar-refractivity contribution is -0.134. The van der Waals surface area contributed by atoms with Crippen LogP contribution in [0.4, 0.5) is 10.5 Å². The summed E-state index contributed by atoms with van der Waals surface area (Å²) in [5.41, 5.74) is 6.76. The summed E-state index contributed by atoms with van der Waals surface area (Å²) < 4.78 is 5.69. The first-order chi connectivity index (χ1) is 18.2. The van der Waals surface area contributed by atoms with Gasteiger partial charge in [-0.05, 0) is 57.1 Å². The fourth-order valence-electron chi connectivity index (χ4n) is 3.94. The number of nitrogens with one attached hydrogen (secondary N) is 4. The molecule has 0 saturated carbocycles. The minimum absolute atomic E-state index is 0.202. The molecule has 10 heteroatoms. The lowest BCUT2D eigenvalue weighted by Gasteiger charge is -2.25. The summed E-state index contributed by atoms with van der Waals surface area (Å²) in [6.45, 7) is 5.61. The molecular weight excluding hydrogens is 486 g/mol. The molecule has 208 valence electrons. The second-order valence-electron chi connectivity index (χ2n) is 9.86. The van der Waals surface area contributed by atoms with Crippen LogP contribution in [0.1, 0.15) is 64.4 Å². The van der Waals surface area contributed by atoms with Gasteiger partial charge >= 0.3 is 6.03 Å². The lowest BCUT2D eigenvalue weighted by atomic mass is 10.0. The van der Waals surface area contributed by atoms with Crippen molar-refractivity contribution in [2.45, 2.75) is 83.9 Å².